The molecule has 2 aromatic carbocycles. The molecule has 0 aliphatic carbocycles. The molecule has 0 spiro atoms. The highest BCUT2D eigenvalue weighted by Crippen LogP contribution is 2.31. The van der Waals surface area contributed by atoms with Crippen molar-refractivity contribution in [1.29, 1.82) is 0 Å². The average molecular weight is 368 g/mol. The standard InChI is InChI=1S/C18H19F3N2O3/c19-18(20,21)13-2-1-3-16(9-13)26-11-15(24)10-23-17(25)8-12-4-6-14(22)7-5-12/h1-7,9,15,24H,8,10-11,22H2,(H,23,25). The van der Waals surface area contributed by atoms with E-state index in [1.807, 2.05) is 0 Å². The summed E-state index contributed by atoms with van der Waals surface area (Å²) in [6.45, 7) is -0.323. The molecule has 1 amide bonds. The number of anilines is 1. The van der Waals surface area contributed by atoms with Crippen molar-refractivity contribution in [2.24, 2.45) is 0 Å². The molecule has 0 saturated carbocycles. The molecule has 0 aromatic heterocycles. The summed E-state index contributed by atoms with van der Waals surface area (Å²) >= 11 is 0. The number of nitrogens with two attached hydrogens (primary N) is 1. The van der Waals surface area contributed by atoms with E-state index in [4.69, 9.17) is 10.5 Å². The van der Waals surface area contributed by atoms with Crippen LogP contribution in [-0.4, -0.2) is 30.3 Å². The first kappa shape index (κ1) is 19.6. The van der Waals surface area contributed by atoms with Crippen molar-refractivity contribution in [3.05, 3.63) is 59.7 Å². The largest absolute Gasteiger partial charge is 0.491 e. The fourth-order valence-electron chi connectivity index (χ4n) is 2.13. The molecule has 140 valence electrons. The minimum atomic E-state index is -4.46. The molecule has 1 atom stereocenters. The number of carbonyl (C=O) groups is 1. The van der Waals surface area contributed by atoms with Gasteiger partial charge < -0.3 is 20.9 Å². The van der Waals surface area contributed by atoms with E-state index in [-0.39, 0.29) is 31.2 Å². The number of hydrogen-bond acceptors (Lipinski definition) is 4. The third kappa shape index (κ3) is 6.29. The predicted octanol–water partition coefficient (Wildman–Crippen LogP) is 2.39. The summed E-state index contributed by atoms with van der Waals surface area (Å²) in [5.41, 5.74) is 6.09. The van der Waals surface area contributed by atoms with Gasteiger partial charge >= 0.3 is 6.18 Å². The zero-order valence-corrected chi connectivity index (χ0v) is 13.8. The molecule has 0 aliphatic heterocycles. The first-order valence-corrected chi connectivity index (χ1v) is 7.83. The molecule has 2 aromatic rings. The Morgan fingerprint density at radius 1 is 1.19 bits per heavy atom. The van der Waals surface area contributed by atoms with Crippen molar-refractivity contribution in [2.75, 3.05) is 18.9 Å². The highest BCUT2D eigenvalue weighted by molar-refractivity contribution is 5.78. The summed E-state index contributed by atoms with van der Waals surface area (Å²) in [6, 6.07) is 11.2. The number of halogens is 3. The Morgan fingerprint density at radius 2 is 1.88 bits per heavy atom. The number of benzene rings is 2. The van der Waals surface area contributed by atoms with Crippen LogP contribution in [0.4, 0.5) is 18.9 Å². The number of hydrogen-bond donors (Lipinski definition) is 3. The Kier molecular flexibility index (Phi) is 6.46. The second-order valence-electron chi connectivity index (χ2n) is 5.71. The first-order valence-electron chi connectivity index (χ1n) is 7.83. The van der Waals surface area contributed by atoms with E-state index in [2.05, 4.69) is 5.32 Å². The molecule has 0 aliphatic rings. The van der Waals surface area contributed by atoms with Gasteiger partial charge in [-0.25, -0.2) is 0 Å². The smallest absolute Gasteiger partial charge is 0.416 e. The number of nitrogens with one attached hydrogen (secondary N) is 1. The number of ether oxygens (including phenoxy) is 1. The summed E-state index contributed by atoms with van der Waals surface area (Å²) in [7, 11) is 0. The Morgan fingerprint density at radius 3 is 2.54 bits per heavy atom. The van der Waals surface area contributed by atoms with Gasteiger partial charge in [0.05, 0.1) is 12.0 Å². The highest BCUT2D eigenvalue weighted by Gasteiger charge is 2.30. The second-order valence-corrected chi connectivity index (χ2v) is 5.71. The number of nitrogen functional groups attached to an aromatic ring is 1. The van der Waals surface area contributed by atoms with Crippen molar-refractivity contribution in [3.8, 4) is 5.75 Å². The number of carbonyl (C=O) groups excluding carboxylic acids is 1. The minimum Gasteiger partial charge on any atom is -0.491 e. The van der Waals surface area contributed by atoms with E-state index in [9.17, 15) is 23.1 Å². The Balaban J connectivity index is 1.76. The number of rotatable bonds is 7. The van der Waals surface area contributed by atoms with Gasteiger partial charge in [-0.3, -0.25) is 4.79 Å². The fourth-order valence-corrected chi connectivity index (χ4v) is 2.13. The number of amides is 1. The van der Waals surface area contributed by atoms with Crippen LogP contribution in [0.2, 0.25) is 0 Å². The van der Waals surface area contributed by atoms with Gasteiger partial charge in [0, 0.05) is 12.2 Å². The SMILES string of the molecule is Nc1ccc(CC(=O)NCC(O)COc2cccc(C(F)(F)F)c2)cc1. The molecule has 0 saturated heterocycles. The van der Waals surface area contributed by atoms with Gasteiger partial charge in [-0.15, -0.1) is 0 Å². The third-order valence-corrected chi connectivity index (χ3v) is 3.48. The lowest BCUT2D eigenvalue weighted by molar-refractivity contribution is -0.137. The van der Waals surface area contributed by atoms with Crippen molar-refractivity contribution in [1.82, 2.24) is 5.32 Å². The summed E-state index contributed by atoms with van der Waals surface area (Å²) in [6.07, 6.45) is -5.39. The van der Waals surface area contributed by atoms with Crippen LogP contribution >= 0.6 is 0 Å². The van der Waals surface area contributed by atoms with Crippen molar-refractivity contribution in [3.63, 3.8) is 0 Å². The van der Waals surface area contributed by atoms with Gasteiger partial charge in [-0.05, 0) is 35.9 Å². The maximum absolute atomic E-state index is 12.6. The van der Waals surface area contributed by atoms with E-state index in [1.165, 1.54) is 12.1 Å². The van der Waals surface area contributed by atoms with E-state index in [0.29, 0.717) is 5.69 Å². The molecule has 1 unspecified atom stereocenters. The molecule has 0 fully saturated rings. The van der Waals surface area contributed by atoms with Crippen LogP contribution in [0, 0.1) is 0 Å². The Hall–Kier alpha value is -2.74. The van der Waals surface area contributed by atoms with Gasteiger partial charge in [-0.1, -0.05) is 18.2 Å². The molecular weight excluding hydrogens is 349 g/mol. The number of aliphatic hydroxyl groups excluding tert-OH is 1. The molecule has 26 heavy (non-hydrogen) atoms. The van der Waals surface area contributed by atoms with E-state index in [0.717, 1.165) is 17.7 Å². The fraction of sp³-hybridized carbons (Fsp3) is 0.278. The van der Waals surface area contributed by atoms with Crippen LogP contribution in [0.15, 0.2) is 48.5 Å². The van der Waals surface area contributed by atoms with Crippen LogP contribution in [0.3, 0.4) is 0 Å². The second kappa shape index (κ2) is 8.57. The van der Waals surface area contributed by atoms with Crippen LogP contribution in [0.1, 0.15) is 11.1 Å². The van der Waals surface area contributed by atoms with Crippen molar-refractivity contribution >= 4 is 11.6 Å². The maximum atomic E-state index is 12.6. The first-order chi connectivity index (χ1) is 12.2. The van der Waals surface area contributed by atoms with Crippen LogP contribution in [0.25, 0.3) is 0 Å². The van der Waals surface area contributed by atoms with Gasteiger partial charge in [0.2, 0.25) is 5.91 Å². The average Bonchev–Trinajstić information content (AvgIpc) is 2.60. The lowest BCUT2D eigenvalue weighted by atomic mass is 10.1. The zero-order valence-electron chi connectivity index (χ0n) is 13.8. The van der Waals surface area contributed by atoms with Crippen LogP contribution in [-0.2, 0) is 17.4 Å². The van der Waals surface area contributed by atoms with Gasteiger partial charge in [0.15, 0.2) is 0 Å². The Bertz CT molecular complexity index is 733. The summed E-state index contributed by atoms with van der Waals surface area (Å²) in [4.78, 5) is 11.8. The molecule has 0 heterocycles. The van der Waals surface area contributed by atoms with Crippen LogP contribution < -0.4 is 15.8 Å². The van der Waals surface area contributed by atoms with Crippen LogP contribution in [0.5, 0.6) is 5.75 Å². The molecule has 8 heteroatoms. The summed E-state index contributed by atoms with van der Waals surface area (Å²) < 4.78 is 43.0. The molecular formula is C18H19F3N2O3. The molecule has 4 N–H and O–H groups in total. The molecule has 0 radical (unpaired) electrons. The van der Waals surface area contributed by atoms with E-state index in [1.54, 1.807) is 24.3 Å². The van der Waals surface area contributed by atoms with Gasteiger partial charge in [-0.2, -0.15) is 13.2 Å². The van der Waals surface area contributed by atoms with E-state index >= 15 is 0 Å². The Labute approximate surface area is 148 Å². The van der Waals surface area contributed by atoms with Crippen molar-refractivity contribution < 1.29 is 27.8 Å². The predicted molar refractivity (Wildman–Crippen MR) is 90.5 cm³/mol. The topological polar surface area (TPSA) is 84.6 Å². The lowest BCUT2D eigenvalue weighted by Gasteiger charge is -2.14. The summed E-state index contributed by atoms with van der Waals surface area (Å²) in [5, 5.41) is 12.3. The zero-order chi connectivity index (χ0) is 19.2. The number of aliphatic hydroxyl groups is 1. The monoisotopic (exact) mass is 368 g/mol. The quantitative estimate of drug-likeness (QED) is 0.655. The molecule has 0 bridgehead atoms. The molecule has 5 nitrogen and oxygen atoms in total. The van der Waals surface area contributed by atoms with Gasteiger partial charge in [0.25, 0.3) is 0 Å². The maximum Gasteiger partial charge on any atom is 0.416 e. The third-order valence-electron chi connectivity index (χ3n) is 3.48. The molecule has 2 rings (SSSR count). The van der Waals surface area contributed by atoms with E-state index < -0.39 is 17.8 Å². The highest BCUT2D eigenvalue weighted by atomic mass is 19.4. The summed E-state index contributed by atoms with van der Waals surface area (Å²) in [5.74, 6) is -0.306. The minimum absolute atomic E-state index is 0.00734. The van der Waals surface area contributed by atoms with Gasteiger partial charge in [0.1, 0.15) is 18.5 Å². The van der Waals surface area contributed by atoms with Crippen molar-refractivity contribution in [2.45, 2.75) is 18.7 Å². The number of alkyl halides is 3. The lowest BCUT2D eigenvalue weighted by Crippen LogP contribution is -2.36. The normalized spacial score (nSPS) is 12.5.